The predicted octanol–water partition coefficient (Wildman–Crippen LogP) is -1.83. The van der Waals surface area contributed by atoms with E-state index < -0.39 is 92.4 Å². The number of rotatable bonds is 25. The molecular weight excluding hydrogens is 931 g/mol. The maximum atomic E-state index is 12.8. The van der Waals surface area contributed by atoms with Crippen LogP contribution in [0.1, 0.15) is 44.1 Å². The zero-order valence-corrected chi connectivity index (χ0v) is 39.2. The van der Waals surface area contributed by atoms with Crippen molar-refractivity contribution in [2.75, 3.05) is 103 Å². The number of carbonyl (C=O) groups is 10. The van der Waals surface area contributed by atoms with Crippen LogP contribution in [-0.4, -0.2) is 237 Å². The fourth-order valence-corrected chi connectivity index (χ4v) is 9.76. The number of nitrogens with zero attached hydrogens (tertiary/aromatic N) is 5. The fourth-order valence-electron chi connectivity index (χ4n) is 8.21. The van der Waals surface area contributed by atoms with Crippen LogP contribution in [-0.2, 0) is 54.3 Å². The van der Waals surface area contributed by atoms with Crippen LogP contribution < -0.4 is 21.3 Å². The number of hydrogen-bond donors (Lipinski definition) is 9. The first-order valence-electron chi connectivity index (χ1n) is 22.5. The number of unbranched alkanes of at least 4 members (excludes halogenated alkanes) is 1. The second-order valence-electron chi connectivity index (χ2n) is 17.2. The van der Waals surface area contributed by atoms with Crippen molar-refractivity contribution >= 4 is 77.0 Å². The van der Waals surface area contributed by atoms with E-state index in [1.165, 1.54) is 11.9 Å². The van der Waals surface area contributed by atoms with E-state index in [0.717, 1.165) is 18.6 Å². The highest BCUT2D eigenvalue weighted by Crippen LogP contribution is 2.33. The number of ether oxygens (including phenoxy) is 1. The Balaban J connectivity index is 1.25. The van der Waals surface area contributed by atoms with E-state index in [1.807, 2.05) is 0 Å². The molecule has 3 aliphatic rings. The smallest absolute Gasteiger partial charge is 0.329 e. The molecule has 382 valence electrons. The van der Waals surface area contributed by atoms with Crippen molar-refractivity contribution in [1.82, 2.24) is 40.4 Å². The van der Waals surface area contributed by atoms with Crippen molar-refractivity contribution in [3.8, 4) is 0 Å². The van der Waals surface area contributed by atoms with E-state index in [0.29, 0.717) is 17.7 Å². The molecule has 5 amide bonds. The zero-order valence-electron chi connectivity index (χ0n) is 38.4. The first-order chi connectivity index (χ1) is 32.7. The minimum atomic E-state index is -1.63. The summed E-state index contributed by atoms with van der Waals surface area (Å²) < 4.78 is 5.04. The summed E-state index contributed by atoms with van der Waals surface area (Å²) in [6, 6.07) is 4.24. The number of benzene rings is 1. The molecule has 1 aromatic carbocycles. The van der Waals surface area contributed by atoms with Gasteiger partial charge < -0.3 is 56.4 Å². The highest BCUT2D eigenvalue weighted by atomic mass is 32.2. The maximum Gasteiger partial charge on any atom is 0.329 e. The molecule has 0 aromatic heterocycles. The van der Waals surface area contributed by atoms with Gasteiger partial charge in [0.05, 0.1) is 51.2 Å². The average molecular weight is 994 g/mol. The molecule has 3 aliphatic heterocycles. The molecule has 0 aliphatic carbocycles. The lowest BCUT2D eigenvalue weighted by molar-refractivity contribution is -0.151. The number of hydrogen-bond acceptors (Lipinski definition) is 16. The van der Waals surface area contributed by atoms with Crippen LogP contribution in [0.4, 0.5) is 10.5 Å². The summed E-state index contributed by atoms with van der Waals surface area (Å²) in [6.45, 7) is -1.84. The van der Waals surface area contributed by atoms with E-state index in [2.05, 4.69) is 21.3 Å². The lowest BCUT2D eigenvalue weighted by atomic mass is 10.0. The number of anilines is 1. The number of fused-ring (bicyclic) bond motifs is 1. The van der Waals surface area contributed by atoms with E-state index >= 15 is 0 Å². The Kier molecular flexibility index (Phi) is 22.4. The number of likely N-dealkylation sites (N-methyl/N-ethyl adjacent to an activating group) is 1. The molecule has 0 spiro atoms. The number of carboxylic acid groups (broad SMARTS) is 5. The Morgan fingerprint density at radius 1 is 0.754 bits per heavy atom. The normalized spacial score (nSPS) is 21.0. The predicted molar refractivity (Wildman–Crippen MR) is 245 cm³/mol. The highest BCUT2D eigenvalue weighted by Gasteiger charge is 2.42. The highest BCUT2D eigenvalue weighted by molar-refractivity contribution is 8.00. The van der Waals surface area contributed by atoms with E-state index in [1.54, 1.807) is 55.6 Å². The lowest BCUT2D eigenvalue weighted by Crippen LogP contribution is -2.53. The molecule has 9 N–H and O–H groups in total. The molecule has 5 atom stereocenters. The summed E-state index contributed by atoms with van der Waals surface area (Å²) in [7, 11) is 1.41. The lowest BCUT2D eigenvalue weighted by Gasteiger charge is -2.37. The van der Waals surface area contributed by atoms with Crippen molar-refractivity contribution in [2.45, 2.75) is 74.4 Å². The van der Waals surface area contributed by atoms with Gasteiger partial charge in [0, 0.05) is 88.4 Å². The largest absolute Gasteiger partial charge is 0.480 e. The molecule has 25 nitrogen and oxygen atoms in total. The second kappa shape index (κ2) is 27.8. The van der Waals surface area contributed by atoms with Gasteiger partial charge in [-0.3, -0.25) is 58.0 Å². The van der Waals surface area contributed by atoms with Gasteiger partial charge in [0.1, 0.15) is 6.61 Å². The summed E-state index contributed by atoms with van der Waals surface area (Å²) in [5, 5.41) is 59.1. The van der Waals surface area contributed by atoms with Gasteiger partial charge in [0.2, 0.25) is 17.7 Å². The zero-order chi connectivity index (χ0) is 50.6. The van der Waals surface area contributed by atoms with Gasteiger partial charge >= 0.3 is 41.8 Å². The van der Waals surface area contributed by atoms with Crippen molar-refractivity contribution in [2.24, 2.45) is 0 Å². The molecule has 26 heteroatoms. The summed E-state index contributed by atoms with van der Waals surface area (Å²) in [6.07, 6.45) is 1.71. The molecule has 4 rings (SSSR count). The third kappa shape index (κ3) is 20.2. The molecule has 3 fully saturated rings. The van der Waals surface area contributed by atoms with Crippen molar-refractivity contribution in [3.63, 3.8) is 0 Å². The summed E-state index contributed by atoms with van der Waals surface area (Å²) >= 11 is 1.77. The third-order valence-corrected chi connectivity index (χ3v) is 13.3. The molecule has 0 saturated carbocycles. The van der Waals surface area contributed by atoms with Crippen LogP contribution >= 0.6 is 11.8 Å². The number of aliphatic carboxylic acids is 5. The molecule has 69 heavy (non-hydrogen) atoms. The molecule has 0 bridgehead atoms. The number of amides is 5. The molecule has 5 unspecified atom stereocenters. The monoisotopic (exact) mass is 993 g/mol. The van der Waals surface area contributed by atoms with Gasteiger partial charge in [-0.15, -0.1) is 0 Å². The topological polar surface area (TPSA) is 345 Å². The number of nitrogens with one attached hydrogen (secondary N) is 4. The Hall–Kier alpha value is -6.09. The van der Waals surface area contributed by atoms with Crippen LogP contribution in [0.15, 0.2) is 24.3 Å². The van der Waals surface area contributed by atoms with Gasteiger partial charge in [-0.25, -0.2) is 9.59 Å². The summed E-state index contributed by atoms with van der Waals surface area (Å²) in [4.78, 5) is 129. The van der Waals surface area contributed by atoms with Crippen LogP contribution in [0.5, 0.6) is 0 Å². The standard InChI is InChI=1S/C43H63N9O16S/c1-48(35(55)5-3-2-4-32-41-31(26-69-32)46-43(67)47-41)20-34(54)45-30(42(65)66)25-68-40(64)11-10-33(53)44-28-8-6-27(7-9-28)18-29-19-51(23-38(60)61)15-14-49(21-36(56)57)12-13-50(22-37(58)59)16-17-52(29)24-39(62)63/h6-9,29-32,41H,2-5,10-26H2,1H3,(H,44,53)(H,45,54)(H,56,57)(H,58,59)(H,60,61)(H,62,63)(H,65,66)(H2,46,47,67). The van der Waals surface area contributed by atoms with Crippen LogP contribution in [0.3, 0.4) is 0 Å². The van der Waals surface area contributed by atoms with E-state index in [9.17, 15) is 73.5 Å². The number of esters is 1. The van der Waals surface area contributed by atoms with Gasteiger partial charge in [-0.1, -0.05) is 18.6 Å². The number of thioether (sulfide) groups is 1. The van der Waals surface area contributed by atoms with Crippen molar-refractivity contribution < 1.29 is 78.2 Å². The first-order valence-corrected chi connectivity index (χ1v) is 23.6. The number of carbonyl (C=O) groups excluding carboxylic acids is 5. The Labute approximate surface area is 402 Å². The van der Waals surface area contributed by atoms with Crippen molar-refractivity contribution in [1.29, 1.82) is 0 Å². The third-order valence-electron chi connectivity index (χ3n) is 11.8. The van der Waals surface area contributed by atoms with Crippen LogP contribution in [0, 0.1) is 0 Å². The summed E-state index contributed by atoms with van der Waals surface area (Å²) in [5.41, 5.74) is 1.01. The first kappa shape index (κ1) is 55.5. The van der Waals surface area contributed by atoms with E-state index in [4.69, 9.17) is 4.74 Å². The Morgan fingerprint density at radius 3 is 1.96 bits per heavy atom. The van der Waals surface area contributed by atoms with Gasteiger partial charge in [0.15, 0.2) is 6.04 Å². The van der Waals surface area contributed by atoms with Gasteiger partial charge in [-0.05, 0) is 37.0 Å². The second-order valence-corrected chi connectivity index (χ2v) is 18.5. The number of carboxylic acids is 5. The Morgan fingerprint density at radius 2 is 1.35 bits per heavy atom. The quantitative estimate of drug-likeness (QED) is 0.0296. The minimum absolute atomic E-state index is 0.0611. The molecular formula is C43H63N9O16S. The molecule has 3 heterocycles. The maximum absolute atomic E-state index is 12.8. The fraction of sp³-hybridized carbons (Fsp3) is 0.628. The van der Waals surface area contributed by atoms with Crippen LogP contribution in [0.25, 0.3) is 0 Å². The Bertz CT molecular complexity index is 2000. The molecule has 1 aromatic rings. The summed E-state index contributed by atoms with van der Waals surface area (Å²) in [5.74, 6) is -7.78. The molecule has 3 saturated heterocycles. The van der Waals surface area contributed by atoms with Gasteiger partial charge in [0.25, 0.3) is 0 Å². The molecule has 0 radical (unpaired) electrons. The van der Waals surface area contributed by atoms with Crippen molar-refractivity contribution in [3.05, 3.63) is 29.8 Å². The SMILES string of the molecule is CN(CC(=O)NC(COC(=O)CCC(=O)Nc1ccc(CC2CN(CC(=O)O)CCN(CC(=O)O)CCN(CC(=O)O)CCN2CC(=O)O)cc1)C(=O)O)C(=O)CCCCC1SCC2NC(=O)NC21. The van der Waals surface area contributed by atoms with E-state index in [-0.39, 0.29) is 107 Å². The van der Waals surface area contributed by atoms with Gasteiger partial charge in [-0.2, -0.15) is 11.8 Å². The number of urea groups is 1. The average Bonchev–Trinajstić information content (AvgIpc) is 3.83. The minimum Gasteiger partial charge on any atom is -0.480 e. The van der Waals surface area contributed by atoms with Crippen LogP contribution in [0.2, 0.25) is 0 Å².